The van der Waals surface area contributed by atoms with E-state index in [2.05, 4.69) is 16.4 Å². The van der Waals surface area contributed by atoms with Gasteiger partial charge in [0.1, 0.15) is 5.69 Å². The Hall–Kier alpha value is -3.20. The number of fused-ring (bicyclic) bond motifs is 2. The van der Waals surface area contributed by atoms with E-state index in [-0.39, 0.29) is 5.91 Å². The summed E-state index contributed by atoms with van der Waals surface area (Å²) >= 11 is 0. The van der Waals surface area contributed by atoms with E-state index in [4.69, 9.17) is 0 Å². The van der Waals surface area contributed by atoms with Crippen LogP contribution < -0.4 is 5.32 Å². The van der Waals surface area contributed by atoms with Crippen LogP contribution in [0.5, 0.6) is 0 Å². The van der Waals surface area contributed by atoms with E-state index in [1.165, 1.54) is 0 Å². The number of carbonyl (C=O) groups excluding carboxylic acids is 1. The lowest BCUT2D eigenvalue weighted by Gasteiger charge is -2.12. The fourth-order valence-electron chi connectivity index (χ4n) is 3.02. The molecule has 24 heavy (non-hydrogen) atoms. The lowest BCUT2D eigenvalue weighted by Crippen LogP contribution is -2.15. The summed E-state index contributed by atoms with van der Waals surface area (Å²) in [6.07, 6.45) is 1.67. The van der Waals surface area contributed by atoms with Crippen LogP contribution in [-0.2, 0) is 0 Å². The molecule has 0 radical (unpaired) electrons. The van der Waals surface area contributed by atoms with Gasteiger partial charge in [-0.2, -0.15) is 0 Å². The van der Waals surface area contributed by atoms with Gasteiger partial charge in [0.2, 0.25) is 0 Å². The molecule has 1 amide bonds. The van der Waals surface area contributed by atoms with Crippen molar-refractivity contribution in [3.8, 4) is 0 Å². The molecule has 0 aliphatic carbocycles. The molecule has 0 bridgehead atoms. The lowest BCUT2D eigenvalue weighted by molar-refractivity contribution is 0.102. The molecule has 1 aromatic heterocycles. The van der Waals surface area contributed by atoms with Gasteiger partial charge in [-0.3, -0.25) is 9.78 Å². The second-order valence-electron chi connectivity index (χ2n) is 5.81. The molecule has 4 aromatic rings. The molecule has 116 valence electrons. The average Bonchev–Trinajstić information content (AvgIpc) is 2.63. The Kier molecular flexibility index (Phi) is 3.47. The van der Waals surface area contributed by atoms with Gasteiger partial charge in [-0.25, -0.2) is 0 Å². The molecular formula is C21H16N2O. The number of nitrogens with zero attached hydrogens (tertiary/aromatic N) is 1. The molecule has 3 heteroatoms. The predicted octanol–water partition coefficient (Wildman–Crippen LogP) is 4.95. The molecule has 3 aromatic carbocycles. The van der Waals surface area contributed by atoms with Crippen molar-refractivity contribution in [1.82, 2.24) is 4.98 Å². The van der Waals surface area contributed by atoms with Crippen LogP contribution >= 0.6 is 0 Å². The maximum Gasteiger partial charge on any atom is 0.274 e. The zero-order valence-corrected chi connectivity index (χ0v) is 13.3. The molecule has 4 rings (SSSR count). The highest BCUT2D eigenvalue weighted by molar-refractivity contribution is 6.14. The van der Waals surface area contributed by atoms with Crippen molar-refractivity contribution in [3.63, 3.8) is 0 Å². The number of rotatable bonds is 2. The summed E-state index contributed by atoms with van der Waals surface area (Å²) in [4.78, 5) is 17.2. The summed E-state index contributed by atoms with van der Waals surface area (Å²) < 4.78 is 0. The van der Waals surface area contributed by atoms with E-state index >= 15 is 0 Å². The van der Waals surface area contributed by atoms with E-state index in [1.807, 2.05) is 67.6 Å². The third kappa shape index (κ3) is 2.40. The minimum absolute atomic E-state index is 0.189. The quantitative estimate of drug-likeness (QED) is 0.569. The standard InChI is InChI=1S/C21H16N2O/c1-14-10-11-15-6-2-4-8-17(15)19(14)23-21(24)20-18-9-5-3-7-16(18)12-13-22-20/h2-13H,1H3,(H,23,24). The molecule has 0 spiro atoms. The van der Waals surface area contributed by atoms with Crippen LogP contribution in [0.2, 0.25) is 0 Å². The van der Waals surface area contributed by atoms with Crippen LogP contribution in [0.1, 0.15) is 16.1 Å². The van der Waals surface area contributed by atoms with Gasteiger partial charge in [-0.05, 0) is 29.3 Å². The second kappa shape index (κ2) is 5.78. The summed E-state index contributed by atoms with van der Waals surface area (Å²) in [6.45, 7) is 2.00. The van der Waals surface area contributed by atoms with Crippen LogP contribution in [0.3, 0.4) is 0 Å². The molecule has 1 N–H and O–H groups in total. The zero-order chi connectivity index (χ0) is 16.5. The van der Waals surface area contributed by atoms with Crippen LogP contribution in [0.25, 0.3) is 21.5 Å². The van der Waals surface area contributed by atoms with Gasteiger partial charge in [0.25, 0.3) is 5.91 Å². The SMILES string of the molecule is Cc1ccc2ccccc2c1NC(=O)c1nccc2ccccc12. The monoisotopic (exact) mass is 312 g/mol. The molecule has 0 saturated carbocycles. The van der Waals surface area contributed by atoms with Crippen molar-refractivity contribution in [2.45, 2.75) is 6.92 Å². The topological polar surface area (TPSA) is 42.0 Å². The Morgan fingerprint density at radius 1 is 0.833 bits per heavy atom. The zero-order valence-electron chi connectivity index (χ0n) is 13.3. The third-order valence-corrected chi connectivity index (χ3v) is 4.26. The van der Waals surface area contributed by atoms with Crippen LogP contribution in [0.15, 0.2) is 72.9 Å². The van der Waals surface area contributed by atoms with Crippen molar-refractivity contribution in [1.29, 1.82) is 0 Å². The van der Waals surface area contributed by atoms with Gasteiger partial charge in [0.05, 0.1) is 5.69 Å². The Bertz CT molecular complexity index is 1060. The Morgan fingerprint density at radius 3 is 2.29 bits per heavy atom. The fourth-order valence-corrected chi connectivity index (χ4v) is 3.02. The summed E-state index contributed by atoms with van der Waals surface area (Å²) in [7, 11) is 0. The third-order valence-electron chi connectivity index (χ3n) is 4.26. The van der Waals surface area contributed by atoms with E-state index < -0.39 is 0 Å². The minimum atomic E-state index is -0.189. The van der Waals surface area contributed by atoms with Gasteiger partial charge >= 0.3 is 0 Å². The molecule has 0 saturated heterocycles. The molecular weight excluding hydrogens is 296 g/mol. The summed E-state index contributed by atoms with van der Waals surface area (Å²) in [6, 6.07) is 21.8. The predicted molar refractivity (Wildman–Crippen MR) is 98.4 cm³/mol. The summed E-state index contributed by atoms with van der Waals surface area (Å²) in [5.74, 6) is -0.189. The highest BCUT2D eigenvalue weighted by atomic mass is 16.1. The Morgan fingerprint density at radius 2 is 1.50 bits per heavy atom. The summed E-state index contributed by atoms with van der Waals surface area (Å²) in [5.41, 5.74) is 2.32. The van der Waals surface area contributed by atoms with Gasteiger partial charge in [0, 0.05) is 17.0 Å². The largest absolute Gasteiger partial charge is 0.320 e. The maximum absolute atomic E-state index is 12.9. The van der Waals surface area contributed by atoms with Gasteiger partial charge in [-0.15, -0.1) is 0 Å². The van der Waals surface area contributed by atoms with E-state index in [1.54, 1.807) is 6.20 Å². The second-order valence-corrected chi connectivity index (χ2v) is 5.81. The highest BCUT2D eigenvalue weighted by Gasteiger charge is 2.14. The Labute approximate surface area is 140 Å². The first kappa shape index (κ1) is 14.4. The van der Waals surface area contributed by atoms with Crippen LogP contribution in [0, 0.1) is 6.92 Å². The molecule has 0 aliphatic heterocycles. The van der Waals surface area contributed by atoms with Crippen molar-refractivity contribution in [2.75, 3.05) is 5.32 Å². The number of pyridine rings is 1. The number of hydrogen-bond acceptors (Lipinski definition) is 2. The van der Waals surface area contributed by atoms with E-state index in [9.17, 15) is 4.79 Å². The Balaban J connectivity index is 1.81. The number of carbonyl (C=O) groups is 1. The van der Waals surface area contributed by atoms with Crippen LogP contribution in [0.4, 0.5) is 5.69 Å². The van der Waals surface area contributed by atoms with Gasteiger partial charge in [0.15, 0.2) is 0 Å². The van der Waals surface area contributed by atoms with Crippen LogP contribution in [-0.4, -0.2) is 10.9 Å². The molecule has 0 aliphatic rings. The minimum Gasteiger partial charge on any atom is -0.320 e. The first-order valence-electron chi connectivity index (χ1n) is 7.87. The number of hydrogen-bond donors (Lipinski definition) is 1. The molecule has 3 nitrogen and oxygen atoms in total. The first-order chi connectivity index (χ1) is 11.7. The maximum atomic E-state index is 12.9. The van der Waals surface area contributed by atoms with Crippen molar-refractivity contribution in [3.05, 3.63) is 84.2 Å². The van der Waals surface area contributed by atoms with E-state index in [0.29, 0.717) is 5.69 Å². The number of amides is 1. The molecule has 0 atom stereocenters. The molecule has 0 fully saturated rings. The van der Waals surface area contributed by atoms with Gasteiger partial charge in [-0.1, -0.05) is 60.7 Å². The summed E-state index contributed by atoms with van der Waals surface area (Å²) in [5, 5.41) is 7.06. The van der Waals surface area contributed by atoms with E-state index in [0.717, 1.165) is 32.8 Å². The lowest BCUT2D eigenvalue weighted by atomic mass is 10.0. The molecule has 0 unspecified atom stereocenters. The smallest absolute Gasteiger partial charge is 0.274 e. The number of benzene rings is 3. The first-order valence-corrected chi connectivity index (χ1v) is 7.87. The average molecular weight is 312 g/mol. The normalized spacial score (nSPS) is 10.9. The van der Waals surface area contributed by atoms with Crippen molar-refractivity contribution >= 4 is 33.1 Å². The van der Waals surface area contributed by atoms with Gasteiger partial charge < -0.3 is 5.32 Å². The number of aryl methyl sites for hydroxylation is 1. The number of nitrogens with one attached hydrogen (secondary N) is 1. The highest BCUT2D eigenvalue weighted by Crippen LogP contribution is 2.28. The fraction of sp³-hybridized carbons (Fsp3) is 0.0476. The van der Waals surface area contributed by atoms with Crippen molar-refractivity contribution in [2.24, 2.45) is 0 Å². The number of aromatic nitrogens is 1. The van der Waals surface area contributed by atoms with Crippen molar-refractivity contribution < 1.29 is 4.79 Å². The molecule has 1 heterocycles. The number of anilines is 1.